The van der Waals surface area contributed by atoms with Crippen molar-refractivity contribution < 1.29 is 9.13 Å². The van der Waals surface area contributed by atoms with Crippen LogP contribution in [-0.2, 0) is 5.54 Å². The first-order valence-electron chi connectivity index (χ1n) is 5.44. The number of aromatic nitrogens is 2. The molecule has 1 aromatic heterocycles. The van der Waals surface area contributed by atoms with E-state index in [0.717, 1.165) is 0 Å². The van der Waals surface area contributed by atoms with Crippen molar-refractivity contribution in [1.29, 1.82) is 0 Å². The summed E-state index contributed by atoms with van der Waals surface area (Å²) in [4.78, 5) is 0. The number of halogens is 1. The number of para-hydroxylation sites is 1. The van der Waals surface area contributed by atoms with E-state index < -0.39 is 0 Å². The second kappa shape index (κ2) is 4.20. The van der Waals surface area contributed by atoms with E-state index in [1.165, 1.54) is 6.07 Å². The second-order valence-corrected chi connectivity index (χ2v) is 4.82. The summed E-state index contributed by atoms with van der Waals surface area (Å²) < 4.78 is 20.6. The van der Waals surface area contributed by atoms with E-state index in [9.17, 15) is 4.39 Å². The van der Waals surface area contributed by atoms with Crippen molar-refractivity contribution in [2.75, 3.05) is 0 Å². The lowest BCUT2D eigenvalue weighted by Gasteiger charge is -2.18. The van der Waals surface area contributed by atoms with E-state index >= 15 is 0 Å². The third-order valence-electron chi connectivity index (χ3n) is 2.31. The van der Waals surface area contributed by atoms with Crippen molar-refractivity contribution >= 4 is 0 Å². The highest BCUT2D eigenvalue weighted by atomic mass is 19.1. The molecule has 17 heavy (non-hydrogen) atoms. The molecule has 2 rings (SSSR count). The standard InChI is InChI=1S/C13H15FN2O/c1-13(2,3)16-9-10(8-15-16)17-12-7-5-4-6-11(12)14/h4-9H,1-3H3. The van der Waals surface area contributed by atoms with Crippen LogP contribution in [0.4, 0.5) is 4.39 Å². The molecule has 0 radical (unpaired) electrons. The predicted octanol–water partition coefficient (Wildman–Crippen LogP) is 3.57. The Morgan fingerprint density at radius 2 is 1.94 bits per heavy atom. The zero-order valence-corrected chi connectivity index (χ0v) is 10.1. The monoisotopic (exact) mass is 234 g/mol. The van der Waals surface area contributed by atoms with Crippen LogP contribution in [0.15, 0.2) is 36.7 Å². The maximum absolute atomic E-state index is 13.4. The van der Waals surface area contributed by atoms with Crippen LogP contribution in [0, 0.1) is 5.82 Å². The van der Waals surface area contributed by atoms with E-state index in [-0.39, 0.29) is 17.1 Å². The Morgan fingerprint density at radius 1 is 1.24 bits per heavy atom. The molecule has 90 valence electrons. The van der Waals surface area contributed by atoms with Crippen molar-refractivity contribution in [3.8, 4) is 11.5 Å². The Bertz CT molecular complexity index is 514. The highest BCUT2D eigenvalue weighted by Gasteiger charge is 2.15. The van der Waals surface area contributed by atoms with Crippen molar-refractivity contribution in [2.45, 2.75) is 26.3 Å². The summed E-state index contributed by atoms with van der Waals surface area (Å²) in [6.07, 6.45) is 3.34. The first-order valence-corrected chi connectivity index (χ1v) is 5.44. The van der Waals surface area contributed by atoms with Crippen LogP contribution in [-0.4, -0.2) is 9.78 Å². The van der Waals surface area contributed by atoms with Crippen molar-refractivity contribution in [3.05, 3.63) is 42.5 Å². The van der Waals surface area contributed by atoms with Gasteiger partial charge in [-0.25, -0.2) is 4.39 Å². The number of benzene rings is 1. The molecule has 0 spiro atoms. The number of hydrogen-bond acceptors (Lipinski definition) is 2. The molecule has 0 saturated carbocycles. The molecule has 3 nitrogen and oxygen atoms in total. The van der Waals surface area contributed by atoms with Gasteiger partial charge in [0.25, 0.3) is 0 Å². The molecule has 0 aliphatic heterocycles. The molecular formula is C13H15FN2O. The van der Waals surface area contributed by atoms with Gasteiger partial charge in [-0.3, -0.25) is 4.68 Å². The van der Waals surface area contributed by atoms with Crippen LogP contribution >= 0.6 is 0 Å². The van der Waals surface area contributed by atoms with Gasteiger partial charge in [-0.05, 0) is 32.9 Å². The zero-order valence-electron chi connectivity index (χ0n) is 10.1. The van der Waals surface area contributed by atoms with Gasteiger partial charge in [0.15, 0.2) is 17.3 Å². The van der Waals surface area contributed by atoms with Crippen molar-refractivity contribution in [1.82, 2.24) is 9.78 Å². The summed E-state index contributed by atoms with van der Waals surface area (Å²) in [7, 11) is 0. The fourth-order valence-electron chi connectivity index (χ4n) is 1.38. The maximum atomic E-state index is 13.4. The van der Waals surface area contributed by atoms with Crippen molar-refractivity contribution in [2.24, 2.45) is 0 Å². The van der Waals surface area contributed by atoms with Gasteiger partial charge in [0.2, 0.25) is 0 Å². The Hall–Kier alpha value is -1.84. The number of rotatable bonds is 2. The molecular weight excluding hydrogens is 219 g/mol. The van der Waals surface area contributed by atoms with E-state index in [4.69, 9.17) is 4.74 Å². The van der Waals surface area contributed by atoms with E-state index in [0.29, 0.717) is 5.75 Å². The molecule has 0 atom stereocenters. The average Bonchev–Trinajstić information content (AvgIpc) is 2.69. The smallest absolute Gasteiger partial charge is 0.165 e. The minimum absolute atomic E-state index is 0.114. The summed E-state index contributed by atoms with van der Waals surface area (Å²) in [5.74, 6) is 0.363. The first-order chi connectivity index (χ1) is 7.97. The molecule has 4 heteroatoms. The quantitative estimate of drug-likeness (QED) is 0.794. The van der Waals surface area contributed by atoms with Crippen LogP contribution in [0.5, 0.6) is 11.5 Å². The van der Waals surface area contributed by atoms with Gasteiger partial charge in [0, 0.05) is 0 Å². The highest BCUT2D eigenvalue weighted by molar-refractivity contribution is 5.29. The van der Waals surface area contributed by atoms with Crippen LogP contribution in [0.2, 0.25) is 0 Å². The molecule has 2 aromatic rings. The van der Waals surface area contributed by atoms with Gasteiger partial charge in [0.05, 0.1) is 17.9 Å². The highest BCUT2D eigenvalue weighted by Crippen LogP contribution is 2.25. The molecule has 0 aliphatic rings. The molecule has 0 bridgehead atoms. The van der Waals surface area contributed by atoms with Crippen LogP contribution in [0.1, 0.15) is 20.8 Å². The molecule has 0 amide bonds. The van der Waals surface area contributed by atoms with E-state index in [1.807, 2.05) is 20.8 Å². The summed E-state index contributed by atoms with van der Waals surface area (Å²) in [6, 6.07) is 6.31. The minimum atomic E-state index is -0.379. The second-order valence-electron chi connectivity index (χ2n) is 4.82. The van der Waals surface area contributed by atoms with Gasteiger partial charge < -0.3 is 4.74 Å². The molecule has 0 fully saturated rings. The summed E-state index contributed by atoms with van der Waals surface area (Å²) in [6.45, 7) is 6.10. The summed E-state index contributed by atoms with van der Waals surface area (Å²) >= 11 is 0. The van der Waals surface area contributed by atoms with Crippen LogP contribution < -0.4 is 4.74 Å². The van der Waals surface area contributed by atoms with Gasteiger partial charge in [-0.2, -0.15) is 5.10 Å². The fraction of sp³-hybridized carbons (Fsp3) is 0.308. The number of nitrogens with zero attached hydrogens (tertiary/aromatic N) is 2. The van der Waals surface area contributed by atoms with Gasteiger partial charge in [-0.1, -0.05) is 12.1 Å². The molecule has 0 aliphatic carbocycles. The number of ether oxygens (including phenoxy) is 1. The largest absolute Gasteiger partial charge is 0.451 e. The molecule has 1 aromatic carbocycles. The first kappa shape index (κ1) is 11.6. The minimum Gasteiger partial charge on any atom is -0.451 e. The maximum Gasteiger partial charge on any atom is 0.165 e. The Morgan fingerprint density at radius 3 is 2.53 bits per heavy atom. The lowest BCUT2D eigenvalue weighted by atomic mass is 10.1. The van der Waals surface area contributed by atoms with Crippen LogP contribution in [0.3, 0.4) is 0 Å². The zero-order chi connectivity index (χ0) is 12.5. The third kappa shape index (κ3) is 2.64. The molecule has 0 unspecified atom stereocenters. The Balaban J connectivity index is 2.21. The summed E-state index contributed by atoms with van der Waals surface area (Å²) in [5, 5.41) is 4.18. The fourth-order valence-corrected chi connectivity index (χ4v) is 1.38. The molecule has 1 heterocycles. The van der Waals surface area contributed by atoms with Crippen LogP contribution in [0.25, 0.3) is 0 Å². The normalized spacial score (nSPS) is 11.5. The Kier molecular flexibility index (Phi) is 2.88. The molecule has 0 N–H and O–H groups in total. The lowest BCUT2D eigenvalue weighted by Crippen LogP contribution is -2.21. The topological polar surface area (TPSA) is 27.1 Å². The summed E-state index contributed by atoms with van der Waals surface area (Å²) in [5.41, 5.74) is -0.114. The lowest BCUT2D eigenvalue weighted by molar-refractivity contribution is 0.353. The van der Waals surface area contributed by atoms with E-state index in [2.05, 4.69) is 5.10 Å². The van der Waals surface area contributed by atoms with Gasteiger partial charge in [-0.15, -0.1) is 0 Å². The Labute approximate surface area is 99.8 Å². The van der Waals surface area contributed by atoms with Crippen molar-refractivity contribution in [3.63, 3.8) is 0 Å². The number of hydrogen-bond donors (Lipinski definition) is 0. The SMILES string of the molecule is CC(C)(C)n1cc(Oc2ccccc2F)cn1. The average molecular weight is 234 g/mol. The molecule has 0 saturated heterocycles. The van der Waals surface area contributed by atoms with Gasteiger partial charge in [0.1, 0.15) is 0 Å². The third-order valence-corrected chi connectivity index (χ3v) is 2.31. The van der Waals surface area contributed by atoms with Gasteiger partial charge >= 0.3 is 0 Å². The van der Waals surface area contributed by atoms with E-state index in [1.54, 1.807) is 35.3 Å². The predicted molar refractivity (Wildman–Crippen MR) is 63.7 cm³/mol.